The van der Waals surface area contributed by atoms with Crippen molar-refractivity contribution in [2.75, 3.05) is 25.5 Å². The van der Waals surface area contributed by atoms with Gasteiger partial charge in [0, 0.05) is 11.4 Å². The molecule has 0 aliphatic rings. The van der Waals surface area contributed by atoms with Crippen LogP contribution >= 0.6 is 11.8 Å². The summed E-state index contributed by atoms with van der Waals surface area (Å²) < 4.78 is 10.5. The highest BCUT2D eigenvalue weighted by Crippen LogP contribution is 2.19. The van der Waals surface area contributed by atoms with E-state index in [2.05, 4.69) is 17.4 Å². The number of amides is 1. The predicted octanol–water partition coefficient (Wildman–Crippen LogP) is 3.54. The minimum Gasteiger partial charge on any atom is -0.493 e. The van der Waals surface area contributed by atoms with Crippen LogP contribution in [0.3, 0.4) is 0 Å². The number of thioether (sulfide) groups is 1. The molecular weight excluding hydrogens is 350 g/mol. The highest BCUT2D eigenvalue weighted by Gasteiger charge is 2.14. The lowest BCUT2D eigenvalue weighted by molar-refractivity contribution is -0.124. The molecule has 5 nitrogen and oxygen atoms in total. The minimum atomic E-state index is -0.566. The average molecular weight is 373 g/mol. The Hall–Kier alpha value is -2.47. The van der Waals surface area contributed by atoms with Crippen molar-refractivity contribution in [3.63, 3.8) is 0 Å². The number of hydrogen-bond acceptors (Lipinski definition) is 5. The fraction of sp³-hybridized carbons (Fsp3) is 0.300. The Balaban J connectivity index is 1.64. The van der Waals surface area contributed by atoms with Crippen LogP contribution in [0.15, 0.2) is 59.5 Å². The van der Waals surface area contributed by atoms with Gasteiger partial charge in [-0.05, 0) is 43.4 Å². The fourth-order valence-electron chi connectivity index (χ4n) is 2.18. The fourth-order valence-corrected chi connectivity index (χ4v) is 3.06. The van der Waals surface area contributed by atoms with E-state index >= 15 is 0 Å². The molecular formula is C20H23NO4S. The first kappa shape index (κ1) is 19.8. The Morgan fingerprint density at radius 2 is 1.77 bits per heavy atom. The van der Waals surface area contributed by atoms with Crippen LogP contribution in [0.5, 0.6) is 5.75 Å². The maximum Gasteiger partial charge on any atom is 0.342 e. The highest BCUT2D eigenvalue weighted by molar-refractivity contribution is 7.99. The molecule has 0 saturated heterocycles. The van der Waals surface area contributed by atoms with Gasteiger partial charge in [-0.1, -0.05) is 30.3 Å². The Morgan fingerprint density at radius 1 is 1.04 bits per heavy atom. The molecule has 0 aliphatic carbocycles. The number of rotatable bonds is 10. The molecule has 0 unspecified atom stereocenters. The third-order valence-electron chi connectivity index (χ3n) is 3.40. The zero-order valence-electron chi connectivity index (χ0n) is 14.8. The van der Waals surface area contributed by atoms with Gasteiger partial charge in [0.2, 0.25) is 0 Å². The number of ether oxygens (including phenoxy) is 2. The van der Waals surface area contributed by atoms with E-state index in [1.807, 2.05) is 25.1 Å². The second kappa shape index (κ2) is 11.2. The molecule has 2 aromatic rings. The van der Waals surface area contributed by atoms with E-state index < -0.39 is 5.97 Å². The molecule has 0 saturated carbocycles. The van der Waals surface area contributed by atoms with E-state index in [9.17, 15) is 9.59 Å². The summed E-state index contributed by atoms with van der Waals surface area (Å²) in [4.78, 5) is 25.1. The third kappa shape index (κ3) is 6.80. The molecule has 0 atom stereocenters. The molecule has 1 amide bonds. The largest absolute Gasteiger partial charge is 0.493 e. The van der Waals surface area contributed by atoms with Gasteiger partial charge in [0.25, 0.3) is 5.91 Å². The number of para-hydroxylation sites is 1. The number of carbonyl (C=O) groups is 2. The summed E-state index contributed by atoms with van der Waals surface area (Å²) in [6.07, 6.45) is 0.840. The number of hydrogen-bond donors (Lipinski definition) is 1. The van der Waals surface area contributed by atoms with Crippen LogP contribution < -0.4 is 10.1 Å². The first-order valence-corrected chi connectivity index (χ1v) is 9.52. The molecule has 0 aliphatic heterocycles. The summed E-state index contributed by atoms with van der Waals surface area (Å²) in [6.45, 7) is 2.54. The maximum absolute atomic E-state index is 12.1. The first-order valence-electron chi connectivity index (χ1n) is 8.54. The topological polar surface area (TPSA) is 64.6 Å². The molecule has 6 heteroatoms. The molecule has 26 heavy (non-hydrogen) atoms. The Labute approximate surface area is 158 Å². The zero-order valence-corrected chi connectivity index (χ0v) is 15.6. The van der Waals surface area contributed by atoms with Gasteiger partial charge < -0.3 is 14.8 Å². The van der Waals surface area contributed by atoms with E-state index in [0.29, 0.717) is 24.5 Å². The van der Waals surface area contributed by atoms with E-state index in [1.54, 1.807) is 36.0 Å². The molecule has 0 fully saturated rings. The zero-order chi connectivity index (χ0) is 18.6. The lowest BCUT2D eigenvalue weighted by Crippen LogP contribution is -2.29. The van der Waals surface area contributed by atoms with Gasteiger partial charge in [-0.15, -0.1) is 11.8 Å². The van der Waals surface area contributed by atoms with Crippen LogP contribution in [-0.4, -0.2) is 37.4 Å². The third-order valence-corrected chi connectivity index (χ3v) is 4.49. The number of esters is 1. The SMILES string of the molecule is CCOc1ccccc1C(=O)OCC(=O)NCCCSc1ccccc1. The van der Waals surface area contributed by atoms with Gasteiger partial charge in [0.1, 0.15) is 11.3 Å². The molecule has 0 bridgehead atoms. The molecule has 2 aromatic carbocycles. The summed E-state index contributed by atoms with van der Waals surface area (Å²) in [7, 11) is 0. The molecule has 0 spiro atoms. The summed E-state index contributed by atoms with van der Waals surface area (Å²) in [5.41, 5.74) is 0.321. The van der Waals surface area contributed by atoms with Gasteiger partial charge in [-0.2, -0.15) is 0 Å². The molecule has 2 rings (SSSR count). The lowest BCUT2D eigenvalue weighted by atomic mass is 10.2. The van der Waals surface area contributed by atoms with Gasteiger partial charge in [-0.3, -0.25) is 4.79 Å². The van der Waals surface area contributed by atoms with E-state index in [4.69, 9.17) is 9.47 Å². The quantitative estimate of drug-likeness (QED) is 0.392. The molecule has 0 radical (unpaired) electrons. The second-order valence-electron chi connectivity index (χ2n) is 5.37. The van der Waals surface area contributed by atoms with Crippen LogP contribution in [0.25, 0.3) is 0 Å². The summed E-state index contributed by atoms with van der Waals surface area (Å²) >= 11 is 1.74. The van der Waals surface area contributed by atoms with E-state index in [0.717, 1.165) is 12.2 Å². The monoisotopic (exact) mass is 373 g/mol. The summed E-state index contributed by atoms with van der Waals surface area (Å²) in [6, 6.07) is 16.9. The Bertz CT molecular complexity index is 706. The van der Waals surface area contributed by atoms with Crippen LogP contribution in [0.1, 0.15) is 23.7 Å². The van der Waals surface area contributed by atoms with Gasteiger partial charge in [0.05, 0.1) is 6.61 Å². The molecule has 0 aromatic heterocycles. The van der Waals surface area contributed by atoms with Gasteiger partial charge >= 0.3 is 5.97 Å². The average Bonchev–Trinajstić information content (AvgIpc) is 2.67. The first-order chi connectivity index (χ1) is 12.7. The second-order valence-corrected chi connectivity index (χ2v) is 6.54. The standard InChI is InChI=1S/C20H23NO4S/c1-2-24-18-12-7-6-11-17(18)20(23)25-15-19(22)21-13-8-14-26-16-9-4-3-5-10-16/h3-7,9-12H,2,8,13-15H2,1H3,(H,21,22). The molecule has 138 valence electrons. The van der Waals surface area contributed by atoms with Crippen molar-refractivity contribution in [1.29, 1.82) is 0 Å². The van der Waals surface area contributed by atoms with Crippen LogP contribution in [-0.2, 0) is 9.53 Å². The molecule has 1 N–H and O–H groups in total. The number of nitrogens with one attached hydrogen (secondary N) is 1. The Kier molecular flexibility index (Phi) is 8.55. The maximum atomic E-state index is 12.1. The van der Waals surface area contributed by atoms with E-state index in [-0.39, 0.29) is 12.5 Å². The lowest BCUT2D eigenvalue weighted by Gasteiger charge is -2.10. The normalized spacial score (nSPS) is 10.2. The van der Waals surface area contributed by atoms with Gasteiger partial charge in [0.15, 0.2) is 6.61 Å². The van der Waals surface area contributed by atoms with Gasteiger partial charge in [-0.25, -0.2) is 4.79 Å². The van der Waals surface area contributed by atoms with Crippen molar-refractivity contribution in [2.24, 2.45) is 0 Å². The minimum absolute atomic E-state index is 0.300. The van der Waals surface area contributed by atoms with Crippen molar-refractivity contribution in [3.05, 3.63) is 60.2 Å². The van der Waals surface area contributed by atoms with Crippen molar-refractivity contribution in [1.82, 2.24) is 5.32 Å². The van der Waals surface area contributed by atoms with Crippen molar-refractivity contribution < 1.29 is 19.1 Å². The van der Waals surface area contributed by atoms with Crippen LogP contribution in [0.4, 0.5) is 0 Å². The molecule has 0 heterocycles. The number of carbonyl (C=O) groups excluding carboxylic acids is 2. The Morgan fingerprint density at radius 3 is 2.54 bits per heavy atom. The summed E-state index contributed by atoms with van der Waals surface area (Å²) in [5, 5.41) is 2.75. The van der Waals surface area contributed by atoms with Crippen molar-refractivity contribution in [2.45, 2.75) is 18.2 Å². The predicted molar refractivity (Wildman–Crippen MR) is 103 cm³/mol. The summed E-state index contributed by atoms with van der Waals surface area (Å²) in [5.74, 6) is 0.491. The van der Waals surface area contributed by atoms with Crippen LogP contribution in [0.2, 0.25) is 0 Å². The van der Waals surface area contributed by atoms with Crippen molar-refractivity contribution >= 4 is 23.6 Å². The number of benzene rings is 2. The van der Waals surface area contributed by atoms with Crippen LogP contribution in [0, 0.1) is 0 Å². The van der Waals surface area contributed by atoms with Crippen molar-refractivity contribution in [3.8, 4) is 5.75 Å². The smallest absolute Gasteiger partial charge is 0.342 e. The van der Waals surface area contributed by atoms with E-state index in [1.165, 1.54) is 4.90 Å². The highest BCUT2D eigenvalue weighted by atomic mass is 32.2.